The maximum absolute atomic E-state index is 12.6. The zero-order chi connectivity index (χ0) is 26.2. The van der Waals surface area contributed by atoms with Crippen LogP contribution in [0.4, 0.5) is 13.2 Å². The van der Waals surface area contributed by atoms with Crippen LogP contribution in [0.3, 0.4) is 0 Å². The number of carbonyl (C=O) groups excluding carboxylic acids is 1. The van der Waals surface area contributed by atoms with Gasteiger partial charge in [0.15, 0.2) is 0 Å². The molecule has 0 amide bonds. The third-order valence-corrected chi connectivity index (χ3v) is 5.91. The van der Waals surface area contributed by atoms with Gasteiger partial charge in [-0.1, -0.05) is 87.7 Å². The van der Waals surface area contributed by atoms with Crippen molar-refractivity contribution < 1.29 is 22.8 Å². The van der Waals surface area contributed by atoms with Gasteiger partial charge in [-0.05, 0) is 41.8 Å². The zero-order valence-electron chi connectivity index (χ0n) is 21.1. The molecule has 5 nitrogen and oxygen atoms in total. The van der Waals surface area contributed by atoms with Crippen LogP contribution in [0.25, 0.3) is 0 Å². The molecule has 2 rings (SSSR count). The van der Waals surface area contributed by atoms with Gasteiger partial charge in [0.05, 0.1) is 11.1 Å². The molecule has 198 valence electrons. The first kappa shape index (κ1) is 29.4. The second-order valence-corrected chi connectivity index (χ2v) is 9.03. The molecule has 0 aliphatic rings. The second kappa shape index (κ2) is 16.0. The molecule has 8 heteroatoms. The van der Waals surface area contributed by atoms with Crippen LogP contribution >= 0.6 is 0 Å². The summed E-state index contributed by atoms with van der Waals surface area (Å²) in [5, 5.41) is 6.93. The predicted octanol–water partition coefficient (Wildman–Crippen LogP) is 7.35. The van der Waals surface area contributed by atoms with Gasteiger partial charge in [0.25, 0.3) is 0 Å². The number of hydrogen-bond acceptors (Lipinski definition) is 4. The molecule has 0 heterocycles. The van der Waals surface area contributed by atoms with E-state index in [1.807, 2.05) is 0 Å². The van der Waals surface area contributed by atoms with E-state index in [2.05, 4.69) is 17.4 Å². The summed E-state index contributed by atoms with van der Waals surface area (Å²) in [6.45, 7) is 3.15. The molecule has 0 aliphatic heterocycles. The summed E-state index contributed by atoms with van der Waals surface area (Å²) < 4.78 is 37.9. The third-order valence-electron chi connectivity index (χ3n) is 5.91. The Hall–Kier alpha value is -2.87. The summed E-state index contributed by atoms with van der Waals surface area (Å²) >= 11 is 0. The molecule has 0 unspecified atom stereocenters. The van der Waals surface area contributed by atoms with Crippen molar-refractivity contribution in [1.29, 1.82) is 0 Å². The maximum atomic E-state index is 12.6. The van der Waals surface area contributed by atoms with Crippen molar-refractivity contribution in [3.05, 3.63) is 70.8 Å². The lowest BCUT2D eigenvalue weighted by atomic mass is 10.1. The molecule has 0 spiro atoms. The lowest BCUT2D eigenvalue weighted by Crippen LogP contribution is -2.14. The fourth-order valence-corrected chi connectivity index (χ4v) is 3.74. The summed E-state index contributed by atoms with van der Waals surface area (Å²) in [5.41, 5.74) is 7.23. The van der Waals surface area contributed by atoms with Crippen LogP contribution in [0.5, 0.6) is 0 Å². The number of halogens is 3. The normalized spacial score (nSPS) is 12.1. The van der Waals surface area contributed by atoms with Gasteiger partial charge in [-0.25, -0.2) is 4.79 Å². The van der Waals surface area contributed by atoms with Crippen LogP contribution in [0.1, 0.15) is 98.2 Å². The highest BCUT2D eigenvalue weighted by Gasteiger charge is 2.29. The van der Waals surface area contributed by atoms with E-state index in [1.165, 1.54) is 57.1 Å². The number of alkyl halides is 3. The average molecular weight is 506 g/mol. The van der Waals surface area contributed by atoms with E-state index < -0.39 is 17.7 Å². The predicted molar refractivity (Wildman–Crippen MR) is 137 cm³/mol. The molecule has 0 bridgehead atoms. The molecule has 0 aromatic heterocycles. The number of nitrogens with one attached hydrogen (secondary N) is 1. The molecule has 36 heavy (non-hydrogen) atoms. The Balaban J connectivity index is 1.64. The van der Waals surface area contributed by atoms with Crippen LogP contribution in [0, 0.1) is 0 Å². The number of rotatable bonds is 16. The van der Waals surface area contributed by atoms with Crippen LogP contribution in [-0.2, 0) is 24.1 Å². The Bertz CT molecular complexity index is 927. The smallest absolute Gasteiger partial charge is 0.384 e. The van der Waals surface area contributed by atoms with Gasteiger partial charge in [0, 0.05) is 19.5 Å². The molecular weight excluding hydrogens is 467 g/mol. The first-order chi connectivity index (χ1) is 17.3. The van der Waals surface area contributed by atoms with E-state index in [0.29, 0.717) is 30.9 Å². The highest BCUT2D eigenvalue weighted by molar-refractivity contribution is 5.90. The first-order valence-electron chi connectivity index (χ1n) is 12.8. The fourth-order valence-electron chi connectivity index (χ4n) is 3.74. The number of benzene rings is 2. The standard InChI is InChI=1S/C28H38F3N3O2/c1-2-3-4-5-6-7-8-9-10-11-26(32)34-36-27(35)24-16-12-22(13-17-24)20-33-21-23-14-18-25(19-15-23)28(29,30)31/h12-19,33H,2-11,20-21H2,1H3,(H2,32,34). The van der Waals surface area contributed by atoms with Gasteiger partial charge >= 0.3 is 12.1 Å². The van der Waals surface area contributed by atoms with Crippen molar-refractivity contribution in [3.8, 4) is 0 Å². The molecule has 0 atom stereocenters. The summed E-state index contributed by atoms with van der Waals surface area (Å²) in [6.07, 6.45) is 7.23. The minimum atomic E-state index is -4.33. The lowest BCUT2D eigenvalue weighted by molar-refractivity contribution is -0.137. The summed E-state index contributed by atoms with van der Waals surface area (Å²) in [5.74, 6) is -0.260. The monoisotopic (exact) mass is 505 g/mol. The minimum Gasteiger partial charge on any atom is -0.384 e. The topological polar surface area (TPSA) is 76.7 Å². The van der Waals surface area contributed by atoms with E-state index in [1.54, 1.807) is 24.3 Å². The summed E-state index contributed by atoms with van der Waals surface area (Å²) in [4.78, 5) is 17.2. The molecule has 0 radical (unpaired) electrons. The summed E-state index contributed by atoms with van der Waals surface area (Å²) in [6, 6.07) is 11.9. The molecule has 0 saturated heterocycles. The van der Waals surface area contributed by atoms with E-state index >= 15 is 0 Å². The van der Waals surface area contributed by atoms with Gasteiger partial charge in [-0.15, -0.1) is 0 Å². The van der Waals surface area contributed by atoms with Crippen molar-refractivity contribution >= 4 is 11.8 Å². The number of carbonyl (C=O) groups is 1. The number of nitrogens with zero attached hydrogens (tertiary/aromatic N) is 1. The van der Waals surface area contributed by atoms with Gasteiger partial charge in [-0.2, -0.15) is 13.2 Å². The van der Waals surface area contributed by atoms with Crippen molar-refractivity contribution in [2.75, 3.05) is 0 Å². The molecule has 3 N–H and O–H groups in total. The Morgan fingerprint density at radius 3 is 1.86 bits per heavy atom. The Morgan fingerprint density at radius 2 is 1.33 bits per heavy atom. The van der Waals surface area contributed by atoms with Crippen molar-refractivity contribution in [1.82, 2.24) is 5.32 Å². The van der Waals surface area contributed by atoms with Crippen LogP contribution in [0.2, 0.25) is 0 Å². The molecule has 2 aromatic carbocycles. The van der Waals surface area contributed by atoms with Crippen LogP contribution in [-0.4, -0.2) is 11.8 Å². The van der Waals surface area contributed by atoms with Gasteiger partial charge in [-0.3, -0.25) is 0 Å². The largest absolute Gasteiger partial charge is 0.416 e. The van der Waals surface area contributed by atoms with Gasteiger partial charge < -0.3 is 15.9 Å². The van der Waals surface area contributed by atoms with E-state index in [9.17, 15) is 18.0 Å². The maximum Gasteiger partial charge on any atom is 0.416 e. The Morgan fingerprint density at radius 1 is 0.833 bits per heavy atom. The number of nitrogens with two attached hydrogens (primary N) is 1. The van der Waals surface area contributed by atoms with Crippen molar-refractivity contribution in [3.63, 3.8) is 0 Å². The number of amidine groups is 1. The Labute approximate surface area is 212 Å². The SMILES string of the molecule is CCCCCCCCCCC/C(N)=N/OC(=O)c1ccc(CNCc2ccc(C(F)(F)F)cc2)cc1. The van der Waals surface area contributed by atoms with E-state index in [4.69, 9.17) is 10.6 Å². The molecule has 0 fully saturated rings. The minimum absolute atomic E-state index is 0.315. The molecular formula is C28H38F3N3O2. The molecule has 0 aliphatic carbocycles. The first-order valence-corrected chi connectivity index (χ1v) is 12.8. The Kier molecular flexibility index (Phi) is 13.0. The second-order valence-electron chi connectivity index (χ2n) is 9.03. The molecule has 0 saturated carbocycles. The summed E-state index contributed by atoms with van der Waals surface area (Å²) in [7, 11) is 0. The van der Waals surface area contributed by atoms with Crippen LogP contribution < -0.4 is 11.1 Å². The quantitative estimate of drug-likeness (QED) is 0.0822. The van der Waals surface area contributed by atoms with E-state index in [0.717, 1.165) is 36.1 Å². The van der Waals surface area contributed by atoms with Crippen molar-refractivity contribution in [2.45, 2.75) is 90.4 Å². The van der Waals surface area contributed by atoms with E-state index in [-0.39, 0.29) is 0 Å². The number of unbranched alkanes of at least 4 members (excludes halogenated alkanes) is 8. The number of hydrogen-bond donors (Lipinski definition) is 2. The highest BCUT2D eigenvalue weighted by atomic mass is 19.4. The number of oxime groups is 1. The highest BCUT2D eigenvalue weighted by Crippen LogP contribution is 2.29. The fraction of sp³-hybridized carbons (Fsp3) is 0.500. The van der Waals surface area contributed by atoms with Gasteiger partial charge in [0.1, 0.15) is 5.84 Å². The lowest BCUT2D eigenvalue weighted by Gasteiger charge is -2.09. The third kappa shape index (κ3) is 11.7. The van der Waals surface area contributed by atoms with Crippen LogP contribution in [0.15, 0.2) is 53.7 Å². The molecule has 2 aromatic rings. The van der Waals surface area contributed by atoms with Crippen molar-refractivity contribution in [2.24, 2.45) is 10.9 Å². The average Bonchev–Trinajstić information content (AvgIpc) is 2.86. The van der Waals surface area contributed by atoms with Gasteiger partial charge in [0.2, 0.25) is 0 Å². The zero-order valence-corrected chi connectivity index (χ0v) is 21.1.